The van der Waals surface area contributed by atoms with Crippen LogP contribution in [0.2, 0.25) is 0 Å². The summed E-state index contributed by atoms with van der Waals surface area (Å²) in [6.07, 6.45) is 0. The van der Waals surface area contributed by atoms with E-state index in [9.17, 15) is 0 Å². The van der Waals surface area contributed by atoms with E-state index in [4.69, 9.17) is 0 Å². The highest BCUT2D eigenvalue weighted by atomic mass is 127. The van der Waals surface area contributed by atoms with Gasteiger partial charge in [-0.25, -0.2) is 0 Å². The van der Waals surface area contributed by atoms with Crippen molar-refractivity contribution in [2.75, 3.05) is 0 Å². The Kier molecular flexibility index (Phi) is 6.62. The molecule has 0 bridgehead atoms. The molecular formula is C32H38IP. The summed E-state index contributed by atoms with van der Waals surface area (Å²) >= 11 is 2.61. The second kappa shape index (κ2) is 8.82. The zero-order valence-corrected chi connectivity index (χ0v) is 25.2. The van der Waals surface area contributed by atoms with Gasteiger partial charge in [-0.05, 0) is 67.2 Å². The topological polar surface area (TPSA) is 0 Å². The zero-order valence-electron chi connectivity index (χ0n) is 22.2. The van der Waals surface area contributed by atoms with E-state index in [2.05, 4.69) is 152 Å². The first-order valence-corrected chi connectivity index (χ1v) is 14.7. The lowest BCUT2D eigenvalue weighted by Gasteiger charge is -2.34. The first-order chi connectivity index (χ1) is 15.7. The lowest BCUT2D eigenvalue weighted by atomic mass is 9.75. The minimum atomic E-state index is -0.681. The normalized spacial score (nSPS) is 13.5. The molecule has 34 heavy (non-hydrogen) atoms. The Bertz CT molecular complexity index is 1300. The van der Waals surface area contributed by atoms with E-state index in [-0.39, 0.29) is 16.2 Å². The first kappa shape index (κ1) is 25.5. The molecule has 4 aromatic rings. The Morgan fingerprint density at radius 2 is 1.12 bits per heavy atom. The Labute approximate surface area is 221 Å². The van der Waals surface area contributed by atoms with Crippen molar-refractivity contribution < 1.29 is 0 Å². The minimum absolute atomic E-state index is 0.0453. The van der Waals surface area contributed by atoms with Crippen LogP contribution in [0.15, 0.2) is 66.7 Å². The maximum absolute atomic E-state index is 2.61. The van der Waals surface area contributed by atoms with Gasteiger partial charge < -0.3 is 0 Å². The number of hydrogen-bond acceptors (Lipinski definition) is 0. The first-order valence-electron chi connectivity index (χ1n) is 12.3. The molecule has 1 unspecified atom stereocenters. The molecule has 1 heterocycles. The summed E-state index contributed by atoms with van der Waals surface area (Å²) in [6.45, 7) is 21.4. The van der Waals surface area contributed by atoms with Crippen LogP contribution in [0.5, 0.6) is 0 Å². The third-order valence-electron chi connectivity index (χ3n) is 6.68. The van der Waals surface area contributed by atoms with Crippen molar-refractivity contribution in [3.8, 4) is 16.2 Å². The molecule has 0 aliphatic heterocycles. The maximum Gasteiger partial charge on any atom is 0.0333 e. The van der Waals surface area contributed by atoms with Crippen LogP contribution in [0.3, 0.4) is 0 Å². The molecule has 1 atom stereocenters. The lowest BCUT2D eigenvalue weighted by molar-refractivity contribution is 0.552. The van der Waals surface area contributed by atoms with Gasteiger partial charge in [0.2, 0.25) is 0 Å². The molecule has 178 valence electrons. The quantitative estimate of drug-likeness (QED) is 0.207. The average molecular weight is 581 g/mol. The zero-order chi connectivity index (χ0) is 25.1. The summed E-state index contributed by atoms with van der Waals surface area (Å²) in [6, 6.07) is 25.3. The fraction of sp³-hybridized carbons (Fsp3) is 0.375. The number of benzene rings is 3. The molecule has 0 radical (unpaired) electrons. The van der Waals surface area contributed by atoms with Gasteiger partial charge in [0.1, 0.15) is 0 Å². The second-order valence-electron chi connectivity index (χ2n) is 12.6. The van der Waals surface area contributed by atoms with Gasteiger partial charge in [-0.3, -0.25) is 0 Å². The van der Waals surface area contributed by atoms with Gasteiger partial charge in [0.25, 0.3) is 0 Å². The number of halogens is 1. The van der Waals surface area contributed by atoms with E-state index in [0.717, 1.165) is 0 Å². The van der Waals surface area contributed by atoms with Crippen LogP contribution < -0.4 is 0 Å². The molecule has 0 fully saturated rings. The van der Waals surface area contributed by atoms with Crippen molar-refractivity contribution in [2.45, 2.75) is 78.6 Å². The monoisotopic (exact) mass is 580 g/mol. The lowest BCUT2D eigenvalue weighted by Crippen LogP contribution is -2.22. The van der Waals surface area contributed by atoms with Gasteiger partial charge >= 0.3 is 0 Å². The van der Waals surface area contributed by atoms with Crippen LogP contribution in [-0.4, -0.2) is 0 Å². The van der Waals surface area contributed by atoms with Gasteiger partial charge in [0.15, 0.2) is 0 Å². The summed E-state index contributed by atoms with van der Waals surface area (Å²) < 4.78 is 1.41. The smallest absolute Gasteiger partial charge is 0.0333 e. The summed E-state index contributed by atoms with van der Waals surface area (Å²) in [4.78, 5) is 0. The van der Waals surface area contributed by atoms with Gasteiger partial charge in [-0.2, -0.15) is 0 Å². The predicted molar refractivity (Wildman–Crippen MR) is 162 cm³/mol. The fourth-order valence-electron chi connectivity index (χ4n) is 4.74. The molecule has 2 heteroatoms. The number of fused-ring (bicyclic) bond motifs is 1. The molecule has 0 saturated carbocycles. The van der Waals surface area contributed by atoms with Crippen molar-refractivity contribution in [1.29, 1.82) is 0 Å². The van der Waals surface area contributed by atoms with E-state index in [1.807, 2.05) is 0 Å². The average Bonchev–Trinajstić information content (AvgIpc) is 3.04. The number of rotatable bonds is 2. The van der Waals surface area contributed by atoms with E-state index < -0.39 is 7.53 Å². The van der Waals surface area contributed by atoms with Crippen LogP contribution in [0.25, 0.3) is 26.7 Å². The molecule has 3 aromatic carbocycles. The third kappa shape index (κ3) is 4.63. The van der Waals surface area contributed by atoms with Gasteiger partial charge in [0.05, 0.1) is 0 Å². The van der Waals surface area contributed by atoms with Gasteiger partial charge in [-0.1, -0.05) is 131 Å². The molecule has 0 amide bonds. The molecule has 0 aliphatic carbocycles. The van der Waals surface area contributed by atoms with E-state index in [1.165, 1.54) is 41.6 Å². The van der Waals surface area contributed by atoms with Crippen molar-refractivity contribution in [1.82, 2.24) is 0 Å². The van der Waals surface area contributed by atoms with Crippen LogP contribution >= 0.6 is 30.1 Å². The Morgan fingerprint density at radius 1 is 0.618 bits per heavy atom. The highest BCUT2D eigenvalue weighted by molar-refractivity contribution is 14.1. The maximum atomic E-state index is 2.61. The Hall–Kier alpha value is -1.57. The van der Waals surface area contributed by atoms with E-state index in [0.29, 0.717) is 0 Å². The molecule has 0 aliphatic rings. The van der Waals surface area contributed by atoms with Crippen LogP contribution in [-0.2, 0) is 16.2 Å². The molecule has 0 N–H and O–H groups in total. The van der Waals surface area contributed by atoms with Crippen molar-refractivity contribution in [3.63, 3.8) is 0 Å². The third-order valence-corrected chi connectivity index (χ3v) is 11.0. The largest absolute Gasteiger partial charge is 0.0755 e. The highest BCUT2D eigenvalue weighted by Crippen LogP contribution is 2.62. The Morgan fingerprint density at radius 3 is 1.62 bits per heavy atom. The standard InChI is InChI=1S/C32H38IP/c1-30(2,3)22-19-24(31(4,5)6)29(25(20-22)32(7,8)9)34-26-18-14-13-17-23(26)27(33)28(34)21-15-11-10-12-16-21/h10-20H,1-9H3. The van der Waals surface area contributed by atoms with Gasteiger partial charge in [-0.15, -0.1) is 0 Å². The summed E-state index contributed by atoms with van der Waals surface area (Å²) in [5.74, 6) is 0. The minimum Gasteiger partial charge on any atom is -0.0755 e. The van der Waals surface area contributed by atoms with Crippen molar-refractivity contribution in [2.24, 2.45) is 0 Å². The van der Waals surface area contributed by atoms with Crippen LogP contribution in [0.1, 0.15) is 79.0 Å². The summed E-state index contributed by atoms with van der Waals surface area (Å²) in [5, 5.41) is 5.99. The highest BCUT2D eigenvalue weighted by Gasteiger charge is 2.32. The predicted octanol–water partition coefficient (Wildman–Crippen LogP) is 11.0. The van der Waals surface area contributed by atoms with Crippen molar-refractivity contribution >= 4 is 40.6 Å². The SMILES string of the molecule is CC(C)(C)c1cc(C(C)(C)C)c(-p2c(-c3ccccc3)c(I)c3ccccc32)c(C(C)(C)C)c1. The van der Waals surface area contributed by atoms with Crippen LogP contribution in [0, 0.1) is 3.57 Å². The fourth-order valence-corrected chi connectivity index (χ4v) is 9.83. The van der Waals surface area contributed by atoms with Crippen molar-refractivity contribution in [3.05, 3.63) is 87.0 Å². The number of hydrogen-bond donors (Lipinski definition) is 0. The van der Waals surface area contributed by atoms with E-state index >= 15 is 0 Å². The molecule has 0 saturated heterocycles. The molecule has 1 aromatic heterocycles. The second-order valence-corrected chi connectivity index (χ2v) is 15.7. The Balaban J connectivity index is 2.27. The van der Waals surface area contributed by atoms with Gasteiger partial charge in [0, 0.05) is 24.7 Å². The summed E-state index contributed by atoms with van der Waals surface area (Å²) in [5.41, 5.74) is 6.00. The molecular weight excluding hydrogens is 542 g/mol. The van der Waals surface area contributed by atoms with Crippen LogP contribution in [0.4, 0.5) is 0 Å². The molecule has 0 spiro atoms. The molecule has 0 nitrogen and oxygen atoms in total. The molecule has 4 rings (SSSR count). The summed E-state index contributed by atoms with van der Waals surface area (Å²) in [7, 11) is -0.681. The van der Waals surface area contributed by atoms with E-state index in [1.54, 1.807) is 5.30 Å².